The zero-order chi connectivity index (χ0) is 25.2. The summed E-state index contributed by atoms with van der Waals surface area (Å²) < 4.78 is 73.8. The summed E-state index contributed by atoms with van der Waals surface area (Å²) >= 11 is 5.78. The molecule has 0 fully saturated rings. The first-order chi connectivity index (χ1) is 15.0. The van der Waals surface area contributed by atoms with Gasteiger partial charge >= 0.3 is 22.4 Å². The molecule has 182 valence electrons. The highest BCUT2D eigenvalue weighted by molar-refractivity contribution is 7.87. The molecule has 0 aliphatic rings. The number of nitrogens with zero attached hydrogens (tertiary/aromatic N) is 1. The van der Waals surface area contributed by atoms with Gasteiger partial charge in [0.25, 0.3) is 0 Å². The van der Waals surface area contributed by atoms with Crippen LogP contribution < -0.4 is 4.18 Å². The molecule has 12 heteroatoms. The second-order valence-corrected chi connectivity index (χ2v) is 10.0. The van der Waals surface area contributed by atoms with E-state index in [1.807, 2.05) is 0 Å². The van der Waals surface area contributed by atoms with Crippen molar-refractivity contribution in [1.29, 1.82) is 0 Å². The van der Waals surface area contributed by atoms with Gasteiger partial charge in [-0.1, -0.05) is 23.7 Å². The van der Waals surface area contributed by atoms with E-state index < -0.39 is 49.6 Å². The summed E-state index contributed by atoms with van der Waals surface area (Å²) in [7, 11) is -3.23. The number of carbonyl (C=O) groups excluding carboxylic acids is 1. The first-order valence-electron chi connectivity index (χ1n) is 9.53. The Bertz CT molecular complexity index is 1100. The van der Waals surface area contributed by atoms with E-state index in [1.165, 1.54) is 36.2 Å². The summed E-state index contributed by atoms with van der Waals surface area (Å²) in [6, 6.07) is 7.00. The Kier molecular flexibility index (Phi) is 7.93. The Morgan fingerprint density at radius 3 is 2.21 bits per heavy atom. The lowest BCUT2D eigenvalue weighted by Crippen LogP contribution is -2.36. The average molecular weight is 510 g/mol. The fourth-order valence-electron chi connectivity index (χ4n) is 2.57. The number of hydrogen-bond donors (Lipinski definition) is 1. The maximum absolute atomic E-state index is 12.9. The molecule has 0 spiro atoms. The predicted octanol–water partition coefficient (Wildman–Crippen LogP) is 5.03. The molecule has 1 unspecified atom stereocenters. The summed E-state index contributed by atoms with van der Waals surface area (Å²) in [6.07, 6.45) is -6.52. The van der Waals surface area contributed by atoms with Crippen LogP contribution in [0.15, 0.2) is 47.4 Å². The fourth-order valence-corrected chi connectivity index (χ4v) is 4.00. The van der Waals surface area contributed by atoms with Crippen LogP contribution in [0.5, 0.6) is 5.75 Å². The second kappa shape index (κ2) is 9.78. The van der Waals surface area contributed by atoms with Gasteiger partial charge in [0, 0.05) is 7.05 Å². The van der Waals surface area contributed by atoms with Gasteiger partial charge in [0.1, 0.15) is 16.2 Å². The van der Waals surface area contributed by atoms with Gasteiger partial charge in [-0.15, -0.1) is 0 Å². The highest BCUT2D eigenvalue weighted by Gasteiger charge is 2.33. The van der Waals surface area contributed by atoms with Crippen LogP contribution in [0.4, 0.5) is 18.0 Å². The summed E-state index contributed by atoms with van der Waals surface area (Å²) in [6.45, 7) is 5.00. The van der Waals surface area contributed by atoms with E-state index in [0.29, 0.717) is 17.7 Å². The quantitative estimate of drug-likeness (QED) is 0.549. The molecular formula is C21H23ClF3NO6S. The number of carbonyl (C=O) groups is 1. The number of aliphatic hydroxyl groups excluding tert-OH is 1. The molecule has 2 aromatic carbocycles. The minimum Gasteiger partial charge on any atom is -0.444 e. The SMILES string of the molecule is CN(CC(O)c1ccc(OS(=O)(=O)c2cc(C(F)(F)F)ccc2Cl)cc1)C(=O)OC(C)(C)C. The molecule has 2 rings (SSSR count). The van der Waals surface area contributed by atoms with E-state index in [-0.39, 0.29) is 12.3 Å². The van der Waals surface area contributed by atoms with E-state index in [4.69, 9.17) is 20.5 Å². The summed E-state index contributed by atoms with van der Waals surface area (Å²) in [4.78, 5) is 12.4. The van der Waals surface area contributed by atoms with Crippen LogP contribution in [0.25, 0.3) is 0 Å². The molecule has 0 aromatic heterocycles. The monoisotopic (exact) mass is 509 g/mol. The van der Waals surface area contributed by atoms with Crippen molar-refractivity contribution in [3.05, 3.63) is 58.6 Å². The first-order valence-corrected chi connectivity index (χ1v) is 11.3. The van der Waals surface area contributed by atoms with E-state index >= 15 is 0 Å². The van der Waals surface area contributed by atoms with Crippen molar-refractivity contribution in [3.63, 3.8) is 0 Å². The number of amides is 1. The van der Waals surface area contributed by atoms with Crippen LogP contribution in [0.2, 0.25) is 5.02 Å². The third kappa shape index (κ3) is 7.51. The molecule has 7 nitrogen and oxygen atoms in total. The van der Waals surface area contributed by atoms with E-state index in [2.05, 4.69) is 0 Å². The third-order valence-corrected chi connectivity index (χ3v) is 5.88. The Morgan fingerprint density at radius 1 is 1.12 bits per heavy atom. The lowest BCUT2D eigenvalue weighted by atomic mass is 10.1. The van der Waals surface area contributed by atoms with Gasteiger partial charge in [-0.3, -0.25) is 0 Å². The molecule has 2 aromatic rings. The zero-order valence-corrected chi connectivity index (χ0v) is 19.8. The summed E-state index contributed by atoms with van der Waals surface area (Å²) in [5, 5.41) is 9.92. The number of rotatable bonds is 6. The number of likely N-dealkylation sites (N-methyl/N-ethyl adjacent to an activating group) is 1. The maximum Gasteiger partial charge on any atom is 0.416 e. The van der Waals surface area contributed by atoms with Crippen molar-refractivity contribution >= 4 is 27.8 Å². The van der Waals surface area contributed by atoms with Gasteiger partial charge in [-0.2, -0.15) is 21.6 Å². The number of halogens is 4. The van der Waals surface area contributed by atoms with Crippen molar-refractivity contribution in [2.24, 2.45) is 0 Å². The van der Waals surface area contributed by atoms with Crippen LogP contribution in [0, 0.1) is 0 Å². The van der Waals surface area contributed by atoms with Crippen LogP contribution in [0.1, 0.15) is 38.0 Å². The Hall–Kier alpha value is -2.50. The number of ether oxygens (including phenoxy) is 1. The highest BCUT2D eigenvalue weighted by atomic mass is 35.5. The summed E-state index contributed by atoms with van der Waals surface area (Å²) in [5.74, 6) is -0.208. The molecule has 1 amide bonds. The van der Waals surface area contributed by atoms with Gasteiger partial charge in [0.15, 0.2) is 0 Å². The molecule has 0 aliphatic heterocycles. The lowest BCUT2D eigenvalue weighted by molar-refractivity contribution is -0.137. The first kappa shape index (κ1) is 26.7. The molecule has 1 atom stereocenters. The molecule has 0 heterocycles. The Morgan fingerprint density at radius 2 is 1.70 bits per heavy atom. The van der Waals surface area contributed by atoms with Crippen LogP contribution in [-0.4, -0.2) is 43.7 Å². The average Bonchev–Trinajstić information content (AvgIpc) is 2.66. The molecule has 0 saturated carbocycles. The highest BCUT2D eigenvalue weighted by Crippen LogP contribution is 2.34. The van der Waals surface area contributed by atoms with Crippen molar-refractivity contribution in [2.75, 3.05) is 13.6 Å². The van der Waals surface area contributed by atoms with Gasteiger partial charge in [0.05, 0.1) is 23.2 Å². The zero-order valence-electron chi connectivity index (χ0n) is 18.2. The Labute approximate surface area is 194 Å². The van der Waals surface area contributed by atoms with Crippen LogP contribution in [-0.2, 0) is 21.0 Å². The van der Waals surface area contributed by atoms with Gasteiger partial charge in [-0.05, 0) is 56.7 Å². The van der Waals surface area contributed by atoms with E-state index in [0.717, 1.165) is 6.07 Å². The molecule has 1 N–H and O–H groups in total. The normalized spacial score (nSPS) is 13.4. The van der Waals surface area contributed by atoms with Crippen LogP contribution >= 0.6 is 11.6 Å². The lowest BCUT2D eigenvalue weighted by Gasteiger charge is -2.26. The molecule has 0 saturated heterocycles. The summed E-state index contributed by atoms with van der Waals surface area (Å²) in [5.41, 5.74) is -1.56. The number of benzene rings is 2. The van der Waals surface area contributed by atoms with Crippen LogP contribution in [0.3, 0.4) is 0 Å². The van der Waals surface area contributed by atoms with Gasteiger partial charge in [0.2, 0.25) is 0 Å². The molecular weight excluding hydrogens is 487 g/mol. The third-order valence-electron chi connectivity index (χ3n) is 4.15. The van der Waals surface area contributed by atoms with Gasteiger partial charge in [-0.25, -0.2) is 4.79 Å². The smallest absolute Gasteiger partial charge is 0.416 e. The van der Waals surface area contributed by atoms with Crippen molar-refractivity contribution in [1.82, 2.24) is 4.90 Å². The molecule has 0 aliphatic carbocycles. The largest absolute Gasteiger partial charge is 0.444 e. The maximum atomic E-state index is 12.9. The van der Waals surface area contributed by atoms with E-state index in [9.17, 15) is 31.5 Å². The van der Waals surface area contributed by atoms with Crippen molar-refractivity contribution in [2.45, 2.75) is 43.5 Å². The Balaban J connectivity index is 2.13. The molecule has 0 bridgehead atoms. The number of alkyl halides is 3. The van der Waals surface area contributed by atoms with Crippen molar-refractivity contribution < 1.29 is 40.4 Å². The standard InChI is InChI=1S/C21H23ClF3NO6S/c1-20(2,3)31-19(28)26(4)12-17(27)13-5-8-15(9-6-13)32-33(29,30)18-11-14(21(23,24)25)7-10-16(18)22/h5-11,17,27H,12H2,1-4H3. The predicted molar refractivity (Wildman–Crippen MR) is 115 cm³/mol. The topological polar surface area (TPSA) is 93.1 Å². The number of aliphatic hydroxyl groups is 1. The minimum absolute atomic E-state index is 0.104. The fraction of sp³-hybridized carbons (Fsp3) is 0.381. The molecule has 0 radical (unpaired) electrons. The molecule has 33 heavy (non-hydrogen) atoms. The van der Waals surface area contributed by atoms with Gasteiger partial charge < -0.3 is 18.9 Å². The second-order valence-electron chi connectivity index (χ2n) is 8.13. The van der Waals surface area contributed by atoms with Crippen molar-refractivity contribution in [3.8, 4) is 5.75 Å². The van der Waals surface area contributed by atoms with E-state index in [1.54, 1.807) is 20.8 Å². The number of hydrogen-bond acceptors (Lipinski definition) is 6. The minimum atomic E-state index is -4.76.